The largest absolute Gasteiger partial charge is 0.399 e. The fourth-order valence-electron chi connectivity index (χ4n) is 4.55. The van der Waals surface area contributed by atoms with E-state index in [9.17, 15) is 8.42 Å². The first kappa shape index (κ1) is 19.2. The summed E-state index contributed by atoms with van der Waals surface area (Å²) < 4.78 is 27.7. The zero-order valence-corrected chi connectivity index (χ0v) is 17.7. The van der Waals surface area contributed by atoms with Crippen LogP contribution in [0.5, 0.6) is 0 Å². The van der Waals surface area contributed by atoms with Crippen LogP contribution in [-0.2, 0) is 10.0 Å². The number of nitrogens with zero attached hydrogens (tertiary/aromatic N) is 3. The van der Waals surface area contributed by atoms with Crippen LogP contribution in [0.15, 0.2) is 65.6 Å². The van der Waals surface area contributed by atoms with E-state index in [0.717, 1.165) is 61.3 Å². The van der Waals surface area contributed by atoms with Crippen LogP contribution in [0.1, 0.15) is 6.42 Å². The summed E-state index contributed by atoms with van der Waals surface area (Å²) in [6.07, 6.45) is 0.811. The van der Waals surface area contributed by atoms with Crippen molar-refractivity contribution >= 4 is 37.9 Å². The van der Waals surface area contributed by atoms with Gasteiger partial charge < -0.3 is 10.6 Å². The molecule has 0 spiro atoms. The van der Waals surface area contributed by atoms with Crippen molar-refractivity contribution < 1.29 is 8.42 Å². The Morgan fingerprint density at radius 1 is 0.833 bits per heavy atom. The van der Waals surface area contributed by atoms with E-state index in [1.165, 1.54) is 5.69 Å². The van der Waals surface area contributed by atoms with Crippen LogP contribution in [-0.4, -0.2) is 52.6 Å². The molecule has 3 aromatic rings. The lowest BCUT2D eigenvalue weighted by Gasteiger charge is -2.36. The van der Waals surface area contributed by atoms with E-state index >= 15 is 0 Å². The third kappa shape index (κ3) is 3.28. The Morgan fingerprint density at radius 3 is 2.27 bits per heavy atom. The van der Waals surface area contributed by atoms with Gasteiger partial charge in [-0.25, -0.2) is 8.42 Å². The normalized spacial score (nSPS) is 18.3. The van der Waals surface area contributed by atoms with E-state index in [1.807, 2.05) is 42.5 Å². The van der Waals surface area contributed by atoms with E-state index in [4.69, 9.17) is 5.73 Å². The van der Waals surface area contributed by atoms with Gasteiger partial charge in [-0.15, -0.1) is 0 Å². The number of anilines is 3. The smallest absolute Gasteiger partial charge is 0.265 e. The van der Waals surface area contributed by atoms with Crippen molar-refractivity contribution in [3.8, 4) is 0 Å². The van der Waals surface area contributed by atoms with Crippen molar-refractivity contribution in [2.24, 2.45) is 0 Å². The highest BCUT2D eigenvalue weighted by Crippen LogP contribution is 2.41. The lowest BCUT2D eigenvalue weighted by molar-refractivity contribution is 0.256. The van der Waals surface area contributed by atoms with E-state index in [2.05, 4.69) is 21.9 Å². The predicted molar refractivity (Wildman–Crippen MR) is 123 cm³/mol. The van der Waals surface area contributed by atoms with Crippen LogP contribution >= 0.6 is 0 Å². The van der Waals surface area contributed by atoms with Crippen molar-refractivity contribution in [3.05, 3.63) is 60.7 Å². The van der Waals surface area contributed by atoms with Crippen LogP contribution in [0.3, 0.4) is 0 Å². The summed E-state index contributed by atoms with van der Waals surface area (Å²) in [5.74, 6) is 0. The molecule has 6 nitrogen and oxygen atoms in total. The molecule has 0 aliphatic carbocycles. The molecule has 156 valence electrons. The van der Waals surface area contributed by atoms with Gasteiger partial charge in [0.15, 0.2) is 0 Å². The quantitative estimate of drug-likeness (QED) is 0.640. The molecular formula is C23H26N4O2S. The van der Waals surface area contributed by atoms with Gasteiger partial charge in [0.2, 0.25) is 0 Å². The minimum atomic E-state index is -3.45. The molecule has 2 aliphatic heterocycles. The van der Waals surface area contributed by atoms with Crippen LogP contribution in [0.4, 0.5) is 17.1 Å². The Hall–Kier alpha value is -2.77. The number of rotatable bonds is 5. The Balaban J connectivity index is 1.20. The Bertz CT molecular complexity index is 1160. The lowest BCUT2D eigenvalue weighted by atomic mass is 10.1. The number of nitrogens with two attached hydrogens (primary N) is 1. The highest BCUT2D eigenvalue weighted by atomic mass is 32.2. The van der Waals surface area contributed by atoms with Crippen molar-refractivity contribution in [2.75, 3.05) is 54.2 Å². The molecule has 1 saturated heterocycles. The number of sulfonamides is 1. The van der Waals surface area contributed by atoms with E-state index in [1.54, 1.807) is 10.4 Å². The summed E-state index contributed by atoms with van der Waals surface area (Å²) in [6.45, 7) is 5.30. The summed E-state index contributed by atoms with van der Waals surface area (Å²) in [5, 5.41) is 1.84. The van der Waals surface area contributed by atoms with Gasteiger partial charge in [0.1, 0.15) is 0 Å². The zero-order valence-electron chi connectivity index (χ0n) is 16.9. The van der Waals surface area contributed by atoms with Gasteiger partial charge >= 0.3 is 0 Å². The number of nitrogen functional groups attached to an aromatic ring is 1. The predicted octanol–water partition coefficient (Wildman–Crippen LogP) is 3.14. The molecule has 0 atom stereocenters. The standard InChI is InChI=1S/C23H26N4O2S/c24-19-8-10-20(11-9-19)26-16-14-25(15-17-26)12-3-13-27-21-6-1-4-18-5-2-7-22(23(18)21)30(27,28)29/h1-2,4-11H,3,12-17,24H2. The SMILES string of the molecule is Nc1ccc(N2CCN(CCCN3c4cccc5cccc(c45)S3(=O)=O)CC2)cc1. The van der Waals surface area contributed by atoms with Crippen LogP contribution in [0.2, 0.25) is 0 Å². The van der Waals surface area contributed by atoms with E-state index in [-0.39, 0.29) is 0 Å². The van der Waals surface area contributed by atoms with Gasteiger partial charge in [0, 0.05) is 56.0 Å². The first-order valence-electron chi connectivity index (χ1n) is 10.4. The summed E-state index contributed by atoms with van der Waals surface area (Å²) in [6, 6.07) is 19.4. The summed E-state index contributed by atoms with van der Waals surface area (Å²) in [5.41, 5.74) is 8.59. The third-order valence-corrected chi connectivity index (χ3v) is 8.00. The first-order chi connectivity index (χ1) is 14.5. The molecule has 2 heterocycles. The average molecular weight is 423 g/mol. The number of benzene rings is 3. The molecule has 3 aromatic carbocycles. The molecule has 2 N–H and O–H groups in total. The Morgan fingerprint density at radius 2 is 1.53 bits per heavy atom. The Kier molecular flexibility index (Phi) is 4.79. The van der Waals surface area contributed by atoms with Gasteiger partial charge in [0.05, 0.1) is 10.6 Å². The zero-order chi connectivity index (χ0) is 20.7. The molecule has 5 rings (SSSR count). The molecule has 0 radical (unpaired) electrons. The average Bonchev–Trinajstić information content (AvgIpc) is 2.98. The summed E-state index contributed by atoms with van der Waals surface area (Å²) in [7, 11) is -3.45. The molecule has 1 fully saturated rings. The topological polar surface area (TPSA) is 69.9 Å². The molecule has 2 aliphatic rings. The number of hydrogen-bond acceptors (Lipinski definition) is 5. The van der Waals surface area contributed by atoms with Crippen molar-refractivity contribution in [3.63, 3.8) is 0 Å². The Labute approximate surface area is 177 Å². The molecule has 30 heavy (non-hydrogen) atoms. The minimum absolute atomic E-state index is 0.438. The molecule has 0 bridgehead atoms. The summed E-state index contributed by atoms with van der Waals surface area (Å²) in [4.78, 5) is 5.23. The minimum Gasteiger partial charge on any atom is -0.399 e. The maximum Gasteiger partial charge on any atom is 0.265 e. The molecule has 0 unspecified atom stereocenters. The van der Waals surface area contributed by atoms with Crippen LogP contribution in [0.25, 0.3) is 10.8 Å². The number of hydrogen-bond donors (Lipinski definition) is 1. The summed E-state index contributed by atoms with van der Waals surface area (Å²) >= 11 is 0. The van der Waals surface area contributed by atoms with Gasteiger partial charge in [-0.05, 0) is 48.2 Å². The molecule has 0 amide bonds. The highest BCUT2D eigenvalue weighted by molar-refractivity contribution is 7.93. The second kappa shape index (κ2) is 7.49. The van der Waals surface area contributed by atoms with E-state index < -0.39 is 10.0 Å². The maximum atomic E-state index is 13.1. The van der Waals surface area contributed by atoms with Gasteiger partial charge in [0.25, 0.3) is 10.0 Å². The second-order valence-corrected chi connectivity index (χ2v) is 9.81. The van der Waals surface area contributed by atoms with Gasteiger partial charge in [-0.2, -0.15) is 0 Å². The molecular weight excluding hydrogens is 396 g/mol. The van der Waals surface area contributed by atoms with Gasteiger partial charge in [-0.3, -0.25) is 9.21 Å². The fourth-order valence-corrected chi connectivity index (χ4v) is 6.30. The van der Waals surface area contributed by atoms with Crippen LogP contribution < -0.4 is 14.9 Å². The highest BCUT2D eigenvalue weighted by Gasteiger charge is 2.35. The fraction of sp³-hybridized carbons (Fsp3) is 0.304. The van der Waals surface area contributed by atoms with E-state index in [0.29, 0.717) is 11.4 Å². The lowest BCUT2D eigenvalue weighted by Crippen LogP contribution is -2.47. The van der Waals surface area contributed by atoms with Crippen molar-refractivity contribution in [1.29, 1.82) is 0 Å². The second-order valence-electron chi connectivity index (χ2n) is 7.98. The molecule has 7 heteroatoms. The number of piperazine rings is 1. The van der Waals surface area contributed by atoms with Crippen molar-refractivity contribution in [1.82, 2.24) is 4.90 Å². The van der Waals surface area contributed by atoms with Gasteiger partial charge in [-0.1, -0.05) is 24.3 Å². The molecule has 0 aromatic heterocycles. The first-order valence-corrected chi connectivity index (χ1v) is 11.9. The molecule has 0 saturated carbocycles. The monoisotopic (exact) mass is 422 g/mol. The van der Waals surface area contributed by atoms with Crippen LogP contribution in [0, 0.1) is 0 Å². The third-order valence-electron chi connectivity index (χ3n) is 6.15. The van der Waals surface area contributed by atoms with Crippen molar-refractivity contribution in [2.45, 2.75) is 11.3 Å². The maximum absolute atomic E-state index is 13.1.